The van der Waals surface area contributed by atoms with E-state index in [9.17, 15) is 48.3 Å². The zero-order chi connectivity index (χ0) is 43.1. The van der Waals surface area contributed by atoms with Gasteiger partial charge in [-0.1, -0.05) is 41.5 Å². The first kappa shape index (κ1) is 48.7. The van der Waals surface area contributed by atoms with E-state index in [1.807, 2.05) is 13.8 Å². The van der Waals surface area contributed by atoms with Crippen molar-refractivity contribution in [3.63, 3.8) is 0 Å². The monoisotopic (exact) mass is 825 g/mol. The molecular formula is C37H63N9O10S. The minimum absolute atomic E-state index is 0.0328. The molecule has 8 amide bonds. The Bertz CT molecular complexity index is 1470. The second-order valence-corrected chi connectivity index (χ2v) is 16.2. The summed E-state index contributed by atoms with van der Waals surface area (Å²) in [6.45, 7) is 12.7. The molecule has 0 aromatic rings. The number of likely N-dealkylation sites (tertiary alicyclic amines) is 1. The van der Waals surface area contributed by atoms with Crippen molar-refractivity contribution in [2.24, 2.45) is 23.5 Å². The number of hydrogen-bond donors (Lipinski definition) is 10. The summed E-state index contributed by atoms with van der Waals surface area (Å²) < 4.78 is 0. The first-order valence-electron chi connectivity index (χ1n) is 19.7. The fourth-order valence-corrected chi connectivity index (χ4v) is 6.87. The summed E-state index contributed by atoms with van der Waals surface area (Å²) in [6.07, 6.45) is 1.91. The van der Waals surface area contributed by atoms with E-state index >= 15 is 0 Å². The number of nitrogens with one attached hydrogen (secondary N) is 7. The Morgan fingerprint density at radius 1 is 0.719 bits per heavy atom. The number of hydrogen-bond acceptors (Lipinski definition) is 11. The standard InChI is InChI=1S/C37H63N9O10S/c1-18(2)16-24(42-30(48)21(7)40-31(49)22-10-8-14-39-22)36(54)46-15-9-11-26(46)33(51)41-23(12-13-27(38)47)32(50)44-29(20(5)6)35(53)45-28(19(3)4)34(52)43-25(17-57)37(55)56/h18-26,28-29,39,57H,8-17H2,1-7H3,(H2,38,47)(H,40,49)(H,41,51)(H,42,48)(H,43,52)(H,44,50)(H,45,53)(H,55,56). The van der Waals surface area contributed by atoms with Crippen LogP contribution < -0.4 is 43.0 Å². The van der Waals surface area contributed by atoms with Gasteiger partial charge in [0, 0.05) is 18.7 Å². The highest BCUT2D eigenvalue weighted by Gasteiger charge is 2.40. The lowest BCUT2D eigenvalue weighted by Crippen LogP contribution is -2.61. The van der Waals surface area contributed by atoms with Gasteiger partial charge in [-0.3, -0.25) is 38.4 Å². The topological polar surface area (TPSA) is 287 Å². The highest BCUT2D eigenvalue weighted by atomic mass is 32.1. The Morgan fingerprint density at radius 3 is 1.81 bits per heavy atom. The molecule has 2 heterocycles. The fraction of sp³-hybridized carbons (Fsp3) is 0.757. The van der Waals surface area contributed by atoms with Gasteiger partial charge >= 0.3 is 5.97 Å². The van der Waals surface area contributed by atoms with Crippen LogP contribution >= 0.6 is 12.6 Å². The average molecular weight is 826 g/mol. The summed E-state index contributed by atoms with van der Waals surface area (Å²) in [5.74, 6) is -7.70. The Kier molecular flexibility index (Phi) is 19.7. The predicted molar refractivity (Wildman–Crippen MR) is 212 cm³/mol. The number of thiol groups is 1. The molecule has 10 N–H and O–H groups in total. The third-order valence-corrected chi connectivity index (χ3v) is 10.3. The van der Waals surface area contributed by atoms with Gasteiger partial charge in [0.25, 0.3) is 0 Å². The van der Waals surface area contributed by atoms with Gasteiger partial charge in [0.05, 0.1) is 6.04 Å². The molecule has 2 saturated heterocycles. The van der Waals surface area contributed by atoms with Crippen molar-refractivity contribution in [2.75, 3.05) is 18.8 Å². The van der Waals surface area contributed by atoms with Crippen LogP contribution in [-0.4, -0.2) is 130 Å². The van der Waals surface area contributed by atoms with Crippen molar-refractivity contribution in [1.82, 2.24) is 42.1 Å². The molecule has 0 aliphatic carbocycles. The van der Waals surface area contributed by atoms with Crippen LogP contribution in [-0.2, 0) is 43.2 Å². The molecule has 322 valence electrons. The number of nitrogens with zero attached hydrogens (tertiary/aromatic N) is 1. The van der Waals surface area contributed by atoms with Crippen molar-refractivity contribution in [3.05, 3.63) is 0 Å². The second kappa shape index (κ2) is 23.1. The Labute approximate surface area is 339 Å². The van der Waals surface area contributed by atoms with Crippen LogP contribution in [0, 0.1) is 17.8 Å². The molecule has 0 aromatic carbocycles. The maximum absolute atomic E-state index is 14.0. The van der Waals surface area contributed by atoms with Crippen molar-refractivity contribution in [3.8, 4) is 0 Å². The first-order valence-corrected chi connectivity index (χ1v) is 20.3. The molecule has 2 fully saturated rings. The third kappa shape index (κ3) is 15.1. The Balaban J connectivity index is 2.22. The number of rotatable bonds is 22. The maximum atomic E-state index is 14.0. The molecular weight excluding hydrogens is 763 g/mol. The van der Waals surface area contributed by atoms with Gasteiger partial charge in [0.1, 0.15) is 42.3 Å². The highest BCUT2D eigenvalue weighted by Crippen LogP contribution is 2.21. The Hall–Kier alpha value is -4.46. The highest BCUT2D eigenvalue weighted by molar-refractivity contribution is 7.80. The van der Waals surface area contributed by atoms with E-state index in [1.54, 1.807) is 27.7 Å². The van der Waals surface area contributed by atoms with Gasteiger partial charge in [-0.2, -0.15) is 12.6 Å². The molecule has 0 aromatic heterocycles. The summed E-state index contributed by atoms with van der Waals surface area (Å²) in [4.78, 5) is 119. The number of primary amides is 1. The van der Waals surface area contributed by atoms with Crippen LogP contribution in [0.4, 0.5) is 0 Å². The van der Waals surface area contributed by atoms with Crippen LogP contribution in [0.3, 0.4) is 0 Å². The number of carboxylic acids is 1. The van der Waals surface area contributed by atoms with Crippen molar-refractivity contribution < 1.29 is 48.3 Å². The lowest BCUT2D eigenvalue weighted by atomic mass is 9.98. The average Bonchev–Trinajstić information content (AvgIpc) is 3.85. The third-order valence-electron chi connectivity index (χ3n) is 9.89. The number of amides is 8. The smallest absolute Gasteiger partial charge is 0.327 e. The SMILES string of the molecule is CC(C)CC(NC(=O)C(C)NC(=O)C1CCCN1)C(=O)N1CCCC1C(=O)NC(CCC(N)=O)C(=O)NC(C(=O)NC(C(=O)NC(CS)C(=O)O)C(C)C)C(C)C. The number of nitrogens with two attached hydrogens (primary N) is 1. The molecule has 8 atom stereocenters. The van der Waals surface area contributed by atoms with Crippen LogP contribution in [0.1, 0.15) is 93.4 Å². The summed E-state index contributed by atoms with van der Waals surface area (Å²) >= 11 is 3.96. The first-order chi connectivity index (χ1) is 26.7. The van der Waals surface area contributed by atoms with E-state index in [4.69, 9.17) is 5.73 Å². The number of carbonyl (C=O) groups is 9. The molecule has 0 spiro atoms. The summed E-state index contributed by atoms with van der Waals surface area (Å²) in [5, 5.41) is 28.0. The summed E-state index contributed by atoms with van der Waals surface area (Å²) in [5.41, 5.74) is 5.38. The van der Waals surface area contributed by atoms with E-state index in [0.717, 1.165) is 6.42 Å². The van der Waals surface area contributed by atoms with Gasteiger partial charge in [0.15, 0.2) is 0 Å². The van der Waals surface area contributed by atoms with E-state index in [2.05, 4.69) is 49.8 Å². The van der Waals surface area contributed by atoms with Crippen LogP contribution in [0.2, 0.25) is 0 Å². The minimum Gasteiger partial charge on any atom is -0.480 e. The molecule has 57 heavy (non-hydrogen) atoms. The number of carbonyl (C=O) groups excluding carboxylic acids is 8. The van der Waals surface area contributed by atoms with E-state index in [-0.39, 0.29) is 49.8 Å². The molecule has 0 bridgehead atoms. The van der Waals surface area contributed by atoms with Gasteiger partial charge in [0.2, 0.25) is 47.3 Å². The zero-order valence-electron chi connectivity index (χ0n) is 34.0. The van der Waals surface area contributed by atoms with Crippen LogP contribution in [0.15, 0.2) is 0 Å². The minimum atomic E-state index is -1.36. The lowest BCUT2D eigenvalue weighted by molar-refractivity contribution is -0.143. The molecule has 8 unspecified atom stereocenters. The van der Waals surface area contributed by atoms with Crippen molar-refractivity contribution >= 4 is 65.9 Å². The second-order valence-electron chi connectivity index (χ2n) is 15.9. The fourth-order valence-electron chi connectivity index (χ4n) is 6.62. The van der Waals surface area contributed by atoms with Gasteiger partial charge < -0.3 is 53.0 Å². The van der Waals surface area contributed by atoms with Crippen LogP contribution in [0.25, 0.3) is 0 Å². The lowest BCUT2D eigenvalue weighted by Gasteiger charge is -2.31. The summed E-state index contributed by atoms with van der Waals surface area (Å²) in [7, 11) is 0. The molecule has 19 nitrogen and oxygen atoms in total. The van der Waals surface area contributed by atoms with Crippen LogP contribution in [0.5, 0.6) is 0 Å². The predicted octanol–water partition coefficient (Wildman–Crippen LogP) is -1.70. The zero-order valence-corrected chi connectivity index (χ0v) is 34.9. The Morgan fingerprint density at radius 2 is 1.30 bits per heavy atom. The van der Waals surface area contributed by atoms with E-state index < -0.39 is 107 Å². The molecule has 2 aliphatic heterocycles. The van der Waals surface area contributed by atoms with Gasteiger partial charge in [-0.25, -0.2) is 4.79 Å². The number of aliphatic carboxylic acids is 1. The maximum Gasteiger partial charge on any atom is 0.327 e. The molecule has 20 heteroatoms. The quantitative estimate of drug-likeness (QED) is 0.0549. The van der Waals surface area contributed by atoms with Gasteiger partial charge in [-0.05, 0) is 69.7 Å². The molecule has 2 rings (SSSR count). The summed E-state index contributed by atoms with van der Waals surface area (Å²) in [6, 6.07) is -8.44. The van der Waals surface area contributed by atoms with Gasteiger partial charge in [-0.15, -0.1) is 0 Å². The van der Waals surface area contributed by atoms with E-state index in [0.29, 0.717) is 19.4 Å². The normalized spacial score (nSPS) is 19.8. The molecule has 2 aliphatic rings. The largest absolute Gasteiger partial charge is 0.480 e. The number of carboxylic acid groups (broad SMARTS) is 1. The molecule has 0 radical (unpaired) electrons. The van der Waals surface area contributed by atoms with Crippen molar-refractivity contribution in [2.45, 2.75) is 142 Å². The van der Waals surface area contributed by atoms with E-state index in [1.165, 1.54) is 11.8 Å². The van der Waals surface area contributed by atoms with Crippen molar-refractivity contribution in [1.29, 1.82) is 0 Å². The molecule has 0 saturated carbocycles.